The second kappa shape index (κ2) is 10.3. The van der Waals surface area contributed by atoms with Crippen LogP contribution in [-0.2, 0) is 20.2 Å². The summed E-state index contributed by atoms with van der Waals surface area (Å²) in [4.78, 5) is 16.4. The van der Waals surface area contributed by atoms with Crippen LogP contribution in [-0.4, -0.2) is 39.9 Å². The minimum absolute atomic E-state index is 0.0381. The molecule has 10 nitrogen and oxygen atoms in total. The second-order valence-electron chi connectivity index (χ2n) is 8.81. The largest absolute Gasteiger partial charge is 0.335 e. The Kier molecular flexibility index (Phi) is 7.33. The van der Waals surface area contributed by atoms with Crippen LogP contribution in [0.5, 0.6) is 0 Å². The van der Waals surface area contributed by atoms with E-state index in [1.807, 2.05) is 24.3 Å². The Hall–Kier alpha value is -3.42. The van der Waals surface area contributed by atoms with E-state index in [2.05, 4.69) is 46.0 Å². The highest BCUT2D eigenvalue weighted by Gasteiger charge is 2.18. The molecule has 2 aromatic carbocycles. The number of amides is 1. The van der Waals surface area contributed by atoms with Gasteiger partial charge in [-0.05, 0) is 35.2 Å². The quantitative estimate of drug-likeness (QED) is 0.224. The topological polar surface area (TPSA) is 145 Å². The Bertz CT molecular complexity index is 1440. The third kappa shape index (κ3) is 6.04. The van der Waals surface area contributed by atoms with Crippen LogP contribution < -0.4 is 15.9 Å². The van der Waals surface area contributed by atoms with E-state index in [4.69, 9.17) is 5.84 Å². The van der Waals surface area contributed by atoms with Crippen LogP contribution in [0.1, 0.15) is 26.3 Å². The molecular weight excluding hydrogens is 519 g/mol. The van der Waals surface area contributed by atoms with Gasteiger partial charge in [0.15, 0.2) is 11.0 Å². The number of nitrogens with one attached hydrogen (secondary N) is 2. The lowest BCUT2D eigenvalue weighted by Crippen LogP contribution is -2.17. The summed E-state index contributed by atoms with van der Waals surface area (Å²) in [7, 11) is -3.76. The van der Waals surface area contributed by atoms with Crippen molar-refractivity contribution in [2.45, 2.75) is 36.2 Å². The van der Waals surface area contributed by atoms with Gasteiger partial charge in [0.1, 0.15) is 0 Å². The fourth-order valence-electron chi connectivity index (χ4n) is 3.18. The molecule has 0 atom stereocenters. The molecule has 0 saturated carbocycles. The lowest BCUT2D eigenvalue weighted by atomic mass is 9.87. The number of sulfonamides is 1. The summed E-state index contributed by atoms with van der Waals surface area (Å²) < 4.78 is 28.6. The Balaban J connectivity index is 1.34. The van der Waals surface area contributed by atoms with Gasteiger partial charge in [-0.25, -0.2) is 18.1 Å². The van der Waals surface area contributed by atoms with Crippen molar-refractivity contribution in [2.75, 3.05) is 21.6 Å². The summed E-state index contributed by atoms with van der Waals surface area (Å²) in [6.45, 7) is 6.43. The Morgan fingerprint density at radius 3 is 2.39 bits per heavy atom. The van der Waals surface area contributed by atoms with Crippen molar-refractivity contribution in [1.82, 2.24) is 19.9 Å². The highest BCUT2D eigenvalue weighted by Crippen LogP contribution is 2.27. The van der Waals surface area contributed by atoms with Crippen LogP contribution in [0, 0.1) is 0 Å². The summed E-state index contributed by atoms with van der Waals surface area (Å²) >= 11 is 2.33. The van der Waals surface area contributed by atoms with Crippen molar-refractivity contribution in [2.24, 2.45) is 0 Å². The van der Waals surface area contributed by atoms with Crippen LogP contribution in [0.2, 0.25) is 0 Å². The molecule has 4 rings (SSSR count). The first kappa shape index (κ1) is 25.7. The summed E-state index contributed by atoms with van der Waals surface area (Å²) in [5.41, 5.74) is 2.52. The monoisotopic (exact) mass is 543 g/mol. The number of aromatic nitrogens is 4. The Morgan fingerprint density at radius 1 is 1.08 bits per heavy atom. The molecule has 2 heterocycles. The zero-order chi connectivity index (χ0) is 25.9. The minimum atomic E-state index is -3.76. The van der Waals surface area contributed by atoms with Crippen molar-refractivity contribution in [1.29, 1.82) is 0 Å². The van der Waals surface area contributed by atoms with Gasteiger partial charge in [0.25, 0.3) is 10.0 Å². The molecular formula is C23H25N7O3S3. The number of nitrogens with zero attached hydrogens (tertiary/aromatic N) is 4. The molecule has 13 heteroatoms. The number of benzene rings is 2. The van der Waals surface area contributed by atoms with E-state index in [1.165, 1.54) is 52.0 Å². The van der Waals surface area contributed by atoms with E-state index < -0.39 is 10.0 Å². The molecule has 0 aliphatic carbocycles. The normalized spacial score (nSPS) is 11.9. The Morgan fingerprint density at radius 2 is 1.78 bits per heavy atom. The molecule has 4 N–H and O–H groups in total. The molecule has 0 bridgehead atoms. The molecule has 0 fully saturated rings. The van der Waals surface area contributed by atoms with Gasteiger partial charge in [-0.2, -0.15) is 0 Å². The van der Waals surface area contributed by atoms with Gasteiger partial charge < -0.3 is 11.2 Å². The van der Waals surface area contributed by atoms with E-state index in [0.29, 0.717) is 16.7 Å². The molecule has 0 saturated heterocycles. The van der Waals surface area contributed by atoms with Crippen molar-refractivity contribution >= 4 is 49.8 Å². The van der Waals surface area contributed by atoms with Crippen LogP contribution in [0.3, 0.4) is 0 Å². The van der Waals surface area contributed by atoms with Crippen LogP contribution in [0.4, 0.5) is 10.8 Å². The average molecular weight is 544 g/mol. The highest BCUT2D eigenvalue weighted by atomic mass is 32.2. The molecule has 0 spiro atoms. The fourth-order valence-corrected chi connectivity index (χ4v) is 5.63. The second-order valence-corrected chi connectivity index (χ2v) is 12.3. The van der Waals surface area contributed by atoms with Crippen molar-refractivity contribution in [3.63, 3.8) is 0 Å². The summed E-state index contributed by atoms with van der Waals surface area (Å²) in [6, 6.07) is 13.8. The maximum atomic E-state index is 12.4. The van der Waals surface area contributed by atoms with E-state index >= 15 is 0 Å². The first-order valence-corrected chi connectivity index (χ1v) is 14.1. The van der Waals surface area contributed by atoms with Gasteiger partial charge in [-0.3, -0.25) is 9.52 Å². The number of rotatable bonds is 8. The molecule has 4 aromatic rings. The predicted octanol–water partition coefficient (Wildman–Crippen LogP) is 3.94. The number of thiazole rings is 1. The number of nitrogens with two attached hydrogens (primary N) is 1. The first-order valence-electron chi connectivity index (χ1n) is 10.8. The lowest BCUT2D eigenvalue weighted by Gasteiger charge is -2.19. The summed E-state index contributed by atoms with van der Waals surface area (Å²) in [5, 5.41) is 13.4. The molecule has 36 heavy (non-hydrogen) atoms. The number of carbonyl (C=O) groups is 1. The Labute approximate surface area is 217 Å². The number of thioether (sulfide) groups is 1. The number of nitrogen functional groups attached to an aromatic ring is 1. The van der Waals surface area contributed by atoms with Gasteiger partial charge in [0.2, 0.25) is 11.1 Å². The first-order chi connectivity index (χ1) is 17.0. The number of hydrogen-bond donors (Lipinski definition) is 3. The number of anilines is 2. The SMILES string of the molecule is CC(C)(C)c1ccc(-c2nnc(SCC(=O)Nc3ccc(S(=O)(=O)Nc4nccs4)cc3)n2N)cc1. The molecule has 0 aliphatic heterocycles. The van der Waals surface area contributed by atoms with Crippen LogP contribution in [0.15, 0.2) is 70.2 Å². The molecule has 0 unspecified atom stereocenters. The molecule has 188 valence electrons. The predicted molar refractivity (Wildman–Crippen MR) is 143 cm³/mol. The van der Waals surface area contributed by atoms with E-state index in [1.54, 1.807) is 5.38 Å². The number of hydrogen-bond acceptors (Lipinski definition) is 9. The molecule has 0 radical (unpaired) electrons. The third-order valence-electron chi connectivity index (χ3n) is 5.11. The maximum Gasteiger partial charge on any atom is 0.263 e. The summed E-state index contributed by atoms with van der Waals surface area (Å²) in [6.07, 6.45) is 1.51. The standard InChI is InChI=1S/C23H25N7O3S3/c1-23(2,3)16-6-4-15(5-7-16)20-27-28-22(30(20)24)35-14-19(31)26-17-8-10-18(11-9-17)36(32,33)29-21-25-12-13-34-21/h4-13H,14,24H2,1-3H3,(H,25,29)(H,26,31). The van der Waals surface area contributed by atoms with Crippen LogP contribution in [0.25, 0.3) is 11.4 Å². The smallest absolute Gasteiger partial charge is 0.263 e. The van der Waals surface area contributed by atoms with Gasteiger partial charge in [0, 0.05) is 22.8 Å². The van der Waals surface area contributed by atoms with Gasteiger partial charge in [0.05, 0.1) is 10.6 Å². The average Bonchev–Trinajstić information content (AvgIpc) is 3.46. The van der Waals surface area contributed by atoms with E-state index in [9.17, 15) is 13.2 Å². The van der Waals surface area contributed by atoms with Gasteiger partial charge >= 0.3 is 0 Å². The molecule has 0 aliphatic rings. The highest BCUT2D eigenvalue weighted by molar-refractivity contribution is 7.99. The lowest BCUT2D eigenvalue weighted by molar-refractivity contribution is -0.113. The zero-order valence-corrected chi connectivity index (χ0v) is 22.2. The van der Waals surface area contributed by atoms with Crippen molar-refractivity contribution in [3.8, 4) is 11.4 Å². The minimum Gasteiger partial charge on any atom is -0.335 e. The number of carbonyl (C=O) groups excluding carboxylic acids is 1. The molecule has 1 amide bonds. The summed E-state index contributed by atoms with van der Waals surface area (Å²) in [5.74, 6) is 6.43. The van der Waals surface area contributed by atoms with Gasteiger partial charge in [-0.1, -0.05) is 56.8 Å². The molecule has 2 aromatic heterocycles. The van der Waals surface area contributed by atoms with E-state index in [-0.39, 0.29) is 27.1 Å². The third-order valence-corrected chi connectivity index (χ3v) is 8.22. The fraction of sp³-hybridized carbons (Fsp3) is 0.217. The zero-order valence-electron chi connectivity index (χ0n) is 19.8. The van der Waals surface area contributed by atoms with Crippen molar-refractivity contribution in [3.05, 3.63) is 65.7 Å². The van der Waals surface area contributed by atoms with Crippen LogP contribution >= 0.6 is 23.1 Å². The van der Waals surface area contributed by atoms with E-state index in [0.717, 1.165) is 17.3 Å². The van der Waals surface area contributed by atoms with Gasteiger partial charge in [-0.15, -0.1) is 21.5 Å². The maximum absolute atomic E-state index is 12.4. The van der Waals surface area contributed by atoms with Crippen molar-refractivity contribution < 1.29 is 13.2 Å².